The summed E-state index contributed by atoms with van der Waals surface area (Å²) < 4.78 is 12.5. The zero-order valence-corrected chi connectivity index (χ0v) is 37.5. The summed E-state index contributed by atoms with van der Waals surface area (Å²) in [7, 11) is 0. The van der Waals surface area contributed by atoms with E-state index in [0.29, 0.717) is 41.7 Å². The SMILES string of the molecule is CC(C)(C)C1CCC(Oc2ccc3cc(C=O)ccc3c2)CC1.CC(C)(C)C1CCC(Oc2ccc3cc(CN4CC[C@@H](C(=O)O)C4)ccc3c2)CC1.O=C(O)[C@@H]1CCNC1. The molecule has 0 spiro atoms. The first-order valence-corrected chi connectivity index (χ1v) is 22.8. The van der Waals surface area contributed by atoms with E-state index in [1.54, 1.807) is 0 Å². The van der Waals surface area contributed by atoms with Crippen LogP contribution in [0.3, 0.4) is 0 Å². The molecule has 9 heteroatoms. The topological polar surface area (TPSA) is 125 Å². The monoisotopic (exact) mass is 835 g/mol. The number of aldehydes is 1. The first kappa shape index (κ1) is 46.0. The Bertz CT molecular complexity index is 2080. The lowest BCUT2D eigenvalue weighted by Gasteiger charge is -2.37. The highest BCUT2D eigenvalue weighted by Gasteiger charge is 2.32. The molecule has 0 bridgehead atoms. The summed E-state index contributed by atoms with van der Waals surface area (Å²) in [5.41, 5.74) is 2.76. The van der Waals surface area contributed by atoms with Crippen LogP contribution in [0.15, 0.2) is 72.8 Å². The van der Waals surface area contributed by atoms with Gasteiger partial charge in [-0.3, -0.25) is 19.3 Å². The average molecular weight is 835 g/mol. The number of hydrogen-bond acceptors (Lipinski definition) is 7. The Labute approximate surface area is 363 Å². The minimum atomic E-state index is -0.671. The number of rotatable bonds is 9. The number of nitrogens with one attached hydrogen (secondary N) is 1. The van der Waals surface area contributed by atoms with Gasteiger partial charge in [-0.2, -0.15) is 0 Å². The number of hydrogen-bond donors (Lipinski definition) is 3. The third kappa shape index (κ3) is 13.3. The van der Waals surface area contributed by atoms with Crippen molar-refractivity contribution in [2.24, 2.45) is 34.5 Å². The molecule has 4 fully saturated rings. The van der Waals surface area contributed by atoms with Crippen LogP contribution in [0, 0.1) is 34.5 Å². The maximum atomic E-state index is 11.2. The average Bonchev–Trinajstić information content (AvgIpc) is 3.95. The molecule has 330 valence electrons. The fourth-order valence-corrected chi connectivity index (χ4v) is 9.61. The number of nitrogens with zero attached hydrogens (tertiary/aromatic N) is 1. The van der Waals surface area contributed by atoms with Gasteiger partial charge < -0.3 is 25.0 Å². The number of fused-ring (bicyclic) bond motifs is 2. The van der Waals surface area contributed by atoms with Gasteiger partial charge in [0.2, 0.25) is 0 Å². The molecule has 4 aromatic carbocycles. The van der Waals surface area contributed by atoms with Crippen molar-refractivity contribution in [3.05, 3.63) is 83.9 Å². The molecule has 0 amide bonds. The molecular weight excluding hydrogens is 765 g/mol. The molecule has 4 aromatic rings. The van der Waals surface area contributed by atoms with E-state index < -0.39 is 11.9 Å². The van der Waals surface area contributed by atoms with Crippen LogP contribution in [0.2, 0.25) is 0 Å². The van der Waals surface area contributed by atoms with E-state index in [9.17, 15) is 19.5 Å². The molecule has 4 aliphatic rings. The second kappa shape index (κ2) is 20.6. The Morgan fingerprint density at radius 1 is 0.639 bits per heavy atom. The highest BCUT2D eigenvalue weighted by molar-refractivity contribution is 5.89. The fourth-order valence-electron chi connectivity index (χ4n) is 9.61. The zero-order chi connectivity index (χ0) is 43.7. The number of benzene rings is 4. The van der Waals surface area contributed by atoms with Crippen molar-refractivity contribution in [2.75, 3.05) is 26.2 Å². The van der Waals surface area contributed by atoms with E-state index in [0.717, 1.165) is 98.6 Å². The number of ether oxygens (including phenoxy) is 2. The predicted molar refractivity (Wildman–Crippen MR) is 245 cm³/mol. The van der Waals surface area contributed by atoms with Gasteiger partial charge >= 0.3 is 11.9 Å². The summed E-state index contributed by atoms with van der Waals surface area (Å²) in [5.74, 6) is 1.83. The third-order valence-electron chi connectivity index (χ3n) is 13.7. The minimum absolute atomic E-state index is 0.130. The Balaban J connectivity index is 0.000000177. The molecule has 8 rings (SSSR count). The second-order valence-electron chi connectivity index (χ2n) is 20.2. The molecule has 2 heterocycles. The van der Waals surface area contributed by atoms with Crippen LogP contribution in [0.1, 0.15) is 122 Å². The summed E-state index contributed by atoms with van der Waals surface area (Å²) in [6.07, 6.45) is 12.7. The molecule has 0 unspecified atom stereocenters. The number of carboxylic acid groups (broad SMARTS) is 2. The van der Waals surface area contributed by atoms with E-state index in [1.807, 2.05) is 30.3 Å². The number of carbonyl (C=O) groups excluding carboxylic acids is 1. The van der Waals surface area contributed by atoms with Crippen LogP contribution in [0.25, 0.3) is 21.5 Å². The molecule has 2 atom stereocenters. The van der Waals surface area contributed by atoms with Gasteiger partial charge in [0.1, 0.15) is 17.8 Å². The summed E-state index contributed by atoms with van der Waals surface area (Å²) in [5, 5.41) is 25.2. The molecule has 0 radical (unpaired) electrons. The van der Waals surface area contributed by atoms with Gasteiger partial charge in [0, 0.05) is 25.2 Å². The standard InChI is InChI=1S/C26H35NO3.C21H26O2.C5H9NO2/c1-26(2,3)22-7-10-23(11-8-22)30-24-9-6-19-14-18(4-5-20(19)15-24)16-27-13-12-21(17-27)25(28)29;1-21(2,3)18-7-10-19(11-8-18)23-20-9-6-16-12-15(14-22)4-5-17(16)13-20;7-5(8)4-1-2-6-3-4/h4-6,9,14-15,21-23H,7-8,10-13,16-17H2,1-3H3,(H,28,29);4-6,9,12-14,18-19H,7-8,10-11H2,1-3H3;4,6H,1-3H2,(H,7,8)/t21-,22?,23?;;4-/m1.1/s1. The van der Waals surface area contributed by atoms with Crippen molar-refractivity contribution < 1.29 is 34.1 Å². The summed E-state index contributed by atoms with van der Waals surface area (Å²) in [6.45, 7) is 17.9. The van der Waals surface area contributed by atoms with Gasteiger partial charge in [0.05, 0.1) is 24.0 Å². The summed E-state index contributed by atoms with van der Waals surface area (Å²) >= 11 is 0. The number of aliphatic carboxylic acids is 2. The predicted octanol–water partition coefficient (Wildman–Crippen LogP) is 11.0. The second-order valence-corrected chi connectivity index (χ2v) is 20.2. The van der Waals surface area contributed by atoms with Gasteiger partial charge in [-0.1, -0.05) is 77.9 Å². The van der Waals surface area contributed by atoms with E-state index in [-0.39, 0.29) is 11.8 Å². The van der Waals surface area contributed by atoms with Crippen molar-refractivity contribution in [1.29, 1.82) is 0 Å². The Hall–Kier alpha value is -4.47. The Morgan fingerprint density at radius 2 is 1.13 bits per heavy atom. The molecule has 2 saturated heterocycles. The number of carboxylic acids is 2. The van der Waals surface area contributed by atoms with E-state index in [1.165, 1.54) is 42.0 Å². The first-order valence-electron chi connectivity index (χ1n) is 22.8. The van der Waals surface area contributed by atoms with E-state index in [2.05, 4.69) is 94.2 Å². The molecule has 9 nitrogen and oxygen atoms in total. The maximum absolute atomic E-state index is 11.2. The van der Waals surface area contributed by atoms with Gasteiger partial charge in [-0.25, -0.2) is 0 Å². The van der Waals surface area contributed by atoms with Crippen LogP contribution in [-0.2, 0) is 16.1 Å². The zero-order valence-electron chi connectivity index (χ0n) is 37.5. The molecule has 2 saturated carbocycles. The van der Waals surface area contributed by atoms with Gasteiger partial charge in [-0.05, 0) is 163 Å². The largest absolute Gasteiger partial charge is 0.490 e. The number of likely N-dealkylation sites (tertiary alicyclic amines) is 1. The van der Waals surface area contributed by atoms with Crippen LogP contribution in [-0.4, -0.2) is 71.7 Å². The van der Waals surface area contributed by atoms with Crippen molar-refractivity contribution in [3.63, 3.8) is 0 Å². The molecule has 3 N–H and O–H groups in total. The van der Waals surface area contributed by atoms with Crippen LogP contribution < -0.4 is 14.8 Å². The Kier molecular flexibility index (Phi) is 15.5. The molecule has 2 aliphatic carbocycles. The lowest BCUT2D eigenvalue weighted by Crippen LogP contribution is -2.30. The fraction of sp³-hybridized carbons (Fsp3) is 0.558. The maximum Gasteiger partial charge on any atom is 0.307 e. The lowest BCUT2D eigenvalue weighted by molar-refractivity contribution is -0.142. The van der Waals surface area contributed by atoms with Gasteiger partial charge in [0.15, 0.2) is 0 Å². The van der Waals surface area contributed by atoms with Crippen molar-refractivity contribution in [1.82, 2.24) is 10.2 Å². The summed E-state index contributed by atoms with van der Waals surface area (Å²) in [6, 6.07) is 24.9. The van der Waals surface area contributed by atoms with E-state index in [4.69, 9.17) is 14.6 Å². The minimum Gasteiger partial charge on any atom is -0.490 e. The lowest BCUT2D eigenvalue weighted by atomic mass is 9.72. The van der Waals surface area contributed by atoms with Crippen LogP contribution >= 0.6 is 0 Å². The van der Waals surface area contributed by atoms with Crippen molar-refractivity contribution in [3.8, 4) is 11.5 Å². The van der Waals surface area contributed by atoms with Crippen molar-refractivity contribution >= 4 is 39.8 Å². The van der Waals surface area contributed by atoms with Crippen molar-refractivity contribution in [2.45, 2.75) is 125 Å². The van der Waals surface area contributed by atoms with Gasteiger partial charge in [-0.15, -0.1) is 0 Å². The van der Waals surface area contributed by atoms with E-state index >= 15 is 0 Å². The molecule has 2 aliphatic heterocycles. The first-order chi connectivity index (χ1) is 29.0. The van der Waals surface area contributed by atoms with Gasteiger partial charge in [0.25, 0.3) is 0 Å². The summed E-state index contributed by atoms with van der Waals surface area (Å²) in [4.78, 5) is 34.4. The third-order valence-corrected chi connectivity index (χ3v) is 13.7. The highest BCUT2D eigenvalue weighted by atomic mass is 16.5. The highest BCUT2D eigenvalue weighted by Crippen LogP contribution is 2.40. The smallest absolute Gasteiger partial charge is 0.307 e. The molecular formula is C52H70N2O7. The molecule has 61 heavy (non-hydrogen) atoms. The Morgan fingerprint density at radius 3 is 1.57 bits per heavy atom. The van der Waals surface area contributed by atoms with Crippen LogP contribution in [0.4, 0.5) is 0 Å². The van der Waals surface area contributed by atoms with Crippen LogP contribution in [0.5, 0.6) is 11.5 Å². The quantitative estimate of drug-likeness (QED) is 0.141. The number of carbonyl (C=O) groups is 3. The normalized spacial score (nSPS) is 24.6. The molecule has 0 aromatic heterocycles.